The number of ether oxygens (including phenoxy) is 1. The van der Waals surface area contributed by atoms with E-state index in [-0.39, 0.29) is 15.4 Å². The fourth-order valence-corrected chi connectivity index (χ4v) is 3.92. The first-order valence-corrected chi connectivity index (χ1v) is 7.30. The molecule has 0 bridgehead atoms. The molecule has 0 aliphatic heterocycles. The number of nitrogens with zero attached hydrogens (tertiary/aromatic N) is 1. The second kappa shape index (κ2) is 4.04. The highest BCUT2D eigenvalue weighted by Crippen LogP contribution is 2.36. The lowest BCUT2D eigenvalue weighted by atomic mass is 10.4. The third kappa shape index (κ3) is 2.48. The van der Waals surface area contributed by atoms with Crippen molar-refractivity contribution in [1.29, 1.82) is 0 Å². The van der Waals surface area contributed by atoms with Crippen LogP contribution in [0.15, 0.2) is 9.72 Å². The zero-order valence-corrected chi connectivity index (χ0v) is 11.0. The number of nitrogens with one attached hydrogen (secondary N) is 1. The second-order valence-corrected chi connectivity index (χ2v) is 6.88. The van der Waals surface area contributed by atoms with Crippen LogP contribution in [0.5, 0.6) is 0 Å². The van der Waals surface area contributed by atoms with Crippen molar-refractivity contribution in [3.05, 3.63) is 11.2 Å². The number of rotatable bonds is 4. The fraction of sp³-hybridized carbons (Fsp3) is 0.556. The molecule has 1 aromatic rings. The van der Waals surface area contributed by atoms with Gasteiger partial charge in [0.15, 0.2) is 9.90 Å². The summed E-state index contributed by atoms with van der Waals surface area (Å²) in [4.78, 5) is 15.1. The van der Waals surface area contributed by atoms with E-state index >= 15 is 0 Å². The number of carbonyl (C=O) groups is 1. The Kier molecular flexibility index (Phi) is 2.96. The molecule has 1 fully saturated rings. The van der Waals surface area contributed by atoms with Crippen LogP contribution in [-0.2, 0) is 14.8 Å². The first kappa shape index (κ1) is 12.5. The quantitative estimate of drug-likeness (QED) is 0.821. The van der Waals surface area contributed by atoms with Gasteiger partial charge in [-0.2, -0.15) is 0 Å². The van der Waals surface area contributed by atoms with Gasteiger partial charge in [0, 0.05) is 5.54 Å². The first-order valence-electron chi connectivity index (χ1n) is 4.94. The molecule has 1 aliphatic rings. The number of hydrogen-bond acceptors (Lipinski definition) is 6. The Hall–Kier alpha value is -0.990. The molecule has 0 atom stereocenters. The van der Waals surface area contributed by atoms with Gasteiger partial charge < -0.3 is 4.74 Å². The van der Waals surface area contributed by atoms with Crippen LogP contribution in [0.4, 0.5) is 0 Å². The predicted octanol–water partition coefficient (Wildman–Crippen LogP) is 0.760. The summed E-state index contributed by atoms with van der Waals surface area (Å²) in [6, 6.07) is 0. The molecule has 94 valence electrons. The molecule has 0 aromatic carbocycles. The average Bonchev–Trinajstić information content (AvgIpc) is 2.82. The van der Waals surface area contributed by atoms with Gasteiger partial charge in [0.25, 0.3) is 10.0 Å². The van der Waals surface area contributed by atoms with Gasteiger partial charge in [0.1, 0.15) is 0 Å². The maximum absolute atomic E-state index is 12.0. The van der Waals surface area contributed by atoms with Crippen molar-refractivity contribution in [3.63, 3.8) is 0 Å². The maximum atomic E-state index is 12.0. The molecule has 1 saturated carbocycles. The smallest absolute Gasteiger partial charge is 0.358 e. The summed E-state index contributed by atoms with van der Waals surface area (Å²) < 4.78 is 31.1. The van der Waals surface area contributed by atoms with E-state index in [4.69, 9.17) is 0 Å². The maximum Gasteiger partial charge on any atom is 0.358 e. The minimum absolute atomic E-state index is 0.0857. The molecule has 8 heteroatoms. The minimum atomic E-state index is -3.69. The lowest BCUT2D eigenvalue weighted by molar-refractivity contribution is 0.0590. The summed E-state index contributed by atoms with van der Waals surface area (Å²) in [7, 11) is -2.50. The SMILES string of the molecule is COC(=O)c1ncsc1S(=O)(=O)NC1(C)CC1. The zero-order valence-electron chi connectivity index (χ0n) is 9.39. The van der Waals surface area contributed by atoms with Crippen LogP contribution in [0.1, 0.15) is 30.3 Å². The van der Waals surface area contributed by atoms with Crippen LogP contribution >= 0.6 is 11.3 Å². The Bertz CT molecular complexity index is 545. The summed E-state index contributed by atoms with van der Waals surface area (Å²) in [6.07, 6.45) is 1.61. The van der Waals surface area contributed by atoms with Crippen LogP contribution in [0.3, 0.4) is 0 Å². The molecule has 0 spiro atoms. The number of hydrogen-bond donors (Lipinski definition) is 1. The molecule has 0 radical (unpaired) electrons. The molecule has 1 aliphatic carbocycles. The summed E-state index contributed by atoms with van der Waals surface area (Å²) in [5, 5.41) is 0. The fourth-order valence-electron chi connectivity index (χ4n) is 1.32. The van der Waals surface area contributed by atoms with Gasteiger partial charge in [-0.05, 0) is 19.8 Å². The molecule has 0 amide bonds. The third-order valence-electron chi connectivity index (χ3n) is 2.54. The van der Waals surface area contributed by atoms with Crippen molar-refractivity contribution in [2.24, 2.45) is 0 Å². The highest BCUT2D eigenvalue weighted by atomic mass is 32.2. The number of sulfonamides is 1. The lowest BCUT2D eigenvalue weighted by Crippen LogP contribution is -2.34. The number of methoxy groups -OCH3 is 1. The largest absolute Gasteiger partial charge is 0.464 e. The molecule has 6 nitrogen and oxygen atoms in total. The van der Waals surface area contributed by atoms with E-state index in [0.717, 1.165) is 24.2 Å². The van der Waals surface area contributed by atoms with Gasteiger partial charge >= 0.3 is 5.97 Å². The number of aromatic nitrogens is 1. The van der Waals surface area contributed by atoms with Crippen LogP contribution in [0.25, 0.3) is 0 Å². The van der Waals surface area contributed by atoms with Crippen molar-refractivity contribution in [2.75, 3.05) is 7.11 Å². The van der Waals surface area contributed by atoms with Gasteiger partial charge in [-0.25, -0.2) is 22.9 Å². The summed E-state index contributed by atoms with van der Waals surface area (Å²) >= 11 is 0.906. The summed E-state index contributed by atoms with van der Waals surface area (Å²) in [5.74, 6) is -0.743. The Balaban J connectivity index is 2.33. The lowest BCUT2D eigenvalue weighted by Gasteiger charge is -2.11. The van der Waals surface area contributed by atoms with Crippen LogP contribution in [0.2, 0.25) is 0 Å². The molecule has 0 saturated heterocycles. The summed E-state index contributed by atoms with van der Waals surface area (Å²) in [6.45, 7) is 1.82. The van der Waals surface area contributed by atoms with Crippen molar-refractivity contribution in [2.45, 2.75) is 29.5 Å². The van der Waals surface area contributed by atoms with Gasteiger partial charge in [0.05, 0.1) is 12.6 Å². The van der Waals surface area contributed by atoms with Crippen molar-refractivity contribution >= 4 is 27.3 Å². The zero-order chi connectivity index (χ0) is 12.7. The predicted molar refractivity (Wildman–Crippen MR) is 61.4 cm³/mol. The van der Waals surface area contributed by atoms with Crippen molar-refractivity contribution in [3.8, 4) is 0 Å². The molecular weight excluding hydrogens is 264 g/mol. The van der Waals surface area contributed by atoms with Crippen molar-refractivity contribution < 1.29 is 17.9 Å². The number of thiazole rings is 1. The van der Waals surface area contributed by atoms with Gasteiger partial charge in [0.2, 0.25) is 0 Å². The molecule has 1 aromatic heterocycles. The van der Waals surface area contributed by atoms with E-state index in [2.05, 4.69) is 14.4 Å². The first-order chi connectivity index (χ1) is 7.88. The molecule has 17 heavy (non-hydrogen) atoms. The van der Waals surface area contributed by atoms with Crippen LogP contribution in [-0.4, -0.2) is 32.0 Å². The highest BCUT2D eigenvalue weighted by Gasteiger charge is 2.42. The average molecular weight is 276 g/mol. The summed E-state index contributed by atoms with van der Waals surface area (Å²) in [5.41, 5.74) is 0.779. The monoisotopic (exact) mass is 276 g/mol. The molecule has 1 heterocycles. The van der Waals surface area contributed by atoms with Gasteiger partial charge in [-0.3, -0.25) is 0 Å². The Morgan fingerprint density at radius 1 is 1.59 bits per heavy atom. The Morgan fingerprint density at radius 3 is 2.76 bits per heavy atom. The van der Waals surface area contributed by atoms with Crippen LogP contribution < -0.4 is 4.72 Å². The van der Waals surface area contributed by atoms with E-state index in [9.17, 15) is 13.2 Å². The van der Waals surface area contributed by atoms with E-state index in [1.807, 2.05) is 6.92 Å². The van der Waals surface area contributed by atoms with E-state index < -0.39 is 16.0 Å². The Morgan fingerprint density at radius 2 is 2.24 bits per heavy atom. The van der Waals surface area contributed by atoms with E-state index in [1.165, 1.54) is 12.6 Å². The van der Waals surface area contributed by atoms with Crippen LogP contribution in [0, 0.1) is 0 Å². The standard InChI is InChI=1S/C9H12N2O4S2/c1-9(3-4-9)11-17(13,14)8-6(7(12)15-2)10-5-16-8/h5,11H,3-4H2,1-2H3. The van der Waals surface area contributed by atoms with E-state index in [1.54, 1.807) is 0 Å². The van der Waals surface area contributed by atoms with E-state index in [0.29, 0.717) is 0 Å². The molecule has 0 unspecified atom stereocenters. The van der Waals surface area contributed by atoms with Crippen molar-refractivity contribution in [1.82, 2.24) is 9.71 Å². The second-order valence-electron chi connectivity index (χ2n) is 4.15. The topological polar surface area (TPSA) is 85.4 Å². The van der Waals surface area contributed by atoms with Gasteiger partial charge in [-0.15, -0.1) is 11.3 Å². The minimum Gasteiger partial charge on any atom is -0.464 e. The number of carbonyl (C=O) groups excluding carboxylic acids is 1. The highest BCUT2D eigenvalue weighted by molar-refractivity contribution is 7.91. The number of esters is 1. The molecule has 1 N–H and O–H groups in total. The van der Waals surface area contributed by atoms with Gasteiger partial charge in [-0.1, -0.05) is 0 Å². The third-order valence-corrected chi connectivity index (χ3v) is 5.55. The molecular formula is C9H12N2O4S2. The Labute approximate surface area is 103 Å². The normalized spacial score (nSPS) is 17.8. The molecule has 2 rings (SSSR count).